The lowest BCUT2D eigenvalue weighted by molar-refractivity contribution is 0.737. The van der Waals surface area contributed by atoms with Gasteiger partial charge < -0.3 is 5.73 Å². The molecular weight excluding hydrogens is 170 g/mol. The SMILES string of the molecule is CC.CC(C)C.CC1=CCC(CN)=C1. The van der Waals surface area contributed by atoms with Crippen molar-refractivity contribution in [3.8, 4) is 0 Å². The van der Waals surface area contributed by atoms with Crippen molar-refractivity contribution in [2.75, 3.05) is 6.54 Å². The molecule has 0 aromatic rings. The molecule has 14 heavy (non-hydrogen) atoms. The minimum absolute atomic E-state index is 0.716. The Morgan fingerprint density at radius 2 is 1.71 bits per heavy atom. The molecule has 0 saturated heterocycles. The summed E-state index contributed by atoms with van der Waals surface area (Å²) in [5.41, 5.74) is 8.10. The summed E-state index contributed by atoms with van der Waals surface area (Å²) in [6.45, 7) is 13.3. The molecule has 0 unspecified atom stereocenters. The average Bonchev–Trinajstić information content (AvgIpc) is 2.54. The molecule has 2 N–H and O–H groups in total. The van der Waals surface area contributed by atoms with Crippen LogP contribution in [0.25, 0.3) is 0 Å². The van der Waals surface area contributed by atoms with E-state index in [1.165, 1.54) is 11.1 Å². The van der Waals surface area contributed by atoms with Gasteiger partial charge in [0.15, 0.2) is 0 Å². The summed E-state index contributed by atoms with van der Waals surface area (Å²) in [4.78, 5) is 0. The van der Waals surface area contributed by atoms with Crippen molar-refractivity contribution in [2.24, 2.45) is 11.7 Å². The summed E-state index contributed by atoms with van der Waals surface area (Å²) in [6, 6.07) is 0. The monoisotopic (exact) mass is 197 g/mol. The van der Waals surface area contributed by atoms with Crippen LogP contribution < -0.4 is 5.73 Å². The van der Waals surface area contributed by atoms with Crippen LogP contribution in [-0.2, 0) is 0 Å². The van der Waals surface area contributed by atoms with E-state index in [1.807, 2.05) is 13.8 Å². The van der Waals surface area contributed by atoms with Crippen molar-refractivity contribution in [2.45, 2.75) is 48.0 Å². The zero-order chi connectivity index (χ0) is 11.6. The predicted octanol–water partition coefficient (Wildman–Crippen LogP) is 3.91. The van der Waals surface area contributed by atoms with Gasteiger partial charge in [0, 0.05) is 6.54 Å². The second kappa shape index (κ2) is 10.5. The maximum absolute atomic E-state index is 5.39. The third-order valence-corrected chi connectivity index (χ3v) is 1.38. The average molecular weight is 197 g/mol. The number of allylic oxidation sites excluding steroid dienone is 3. The number of nitrogens with two attached hydrogens (primary N) is 1. The van der Waals surface area contributed by atoms with Crippen molar-refractivity contribution < 1.29 is 0 Å². The lowest BCUT2D eigenvalue weighted by Gasteiger charge is -1.89. The normalized spacial score (nSPS) is 13.4. The first-order valence-corrected chi connectivity index (χ1v) is 5.62. The Hall–Kier alpha value is -0.560. The van der Waals surface area contributed by atoms with Gasteiger partial charge in [-0.15, -0.1) is 0 Å². The van der Waals surface area contributed by atoms with Crippen LogP contribution in [0.4, 0.5) is 0 Å². The summed E-state index contributed by atoms with van der Waals surface area (Å²) in [5.74, 6) is 0.833. The van der Waals surface area contributed by atoms with Crippen LogP contribution in [0.5, 0.6) is 0 Å². The molecule has 1 nitrogen and oxygen atoms in total. The summed E-state index contributed by atoms with van der Waals surface area (Å²) in [5, 5.41) is 0. The second-order valence-corrected chi connectivity index (χ2v) is 3.89. The maximum Gasteiger partial charge on any atom is 0.0143 e. The van der Waals surface area contributed by atoms with Gasteiger partial charge in [-0.05, 0) is 19.3 Å². The molecule has 0 aromatic heterocycles. The molecule has 1 rings (SSSR count). The minimum atomic E-state index is 0.716. The van der Waals surface area contributed by atoms with Gasteiger partial charge in [-0.1, -0.05) is 57.9 Å². The quantitative estimate of drug-likeness (QED) is 0.677. The van der Waals surface area contributed by atoms with Crippen LogP contribution in [0.3, 0.4) is 0 Å². The molecule has 0 atom stereocenters. The van der Waals surface area contributed by atoms with Gasteiger partial charge in [0.1, 0.15) is 0 Å². The van der Waals surface area contributed by atoms with E-state index in [-0.39, 0.29) is 0 Å². The van der Waals surface area contributed by atoms with Crippen LogP contribution in [0, 0.1) is 5.92 Å². The molecule has 0 heterocycles. The maximum atomic E-state index is 5.39. The highest BCUT2D eigenvalue weighted by Crippen LogP contribution is 2.14. The molecule has 1 aliphatic rings. The highest BCUT2D eigenvalue weighted by Gasteiger charge is 1.98. The Labute approximate surface area is 90.1 Å². The minimum Gasteiger partial charge on any atom is -0.327 e. The van der Waals surface area contributed by atoms with Gasteiger partial charge in [0.05, 0.1) is 0 Å². The highest BCUT2D eigenvalue weighted by molar-refractivity contribution is 5.31. The standard InChI is InChI=1S/C7H11N.C4H10.C2H6/c1-6-2-3-7(4-6)5-8;1-4(2)3;1-2/h2,4H,3,5,8H2,1H3;4H,1-3H3;1-2H3. The van der Waals surface area contributed by atoms with E-state index in [0.29, 0.717) is 6.54 Å². The van der Waals surface area contributed by atoms with E-state index in [9.17, 15) is 0 Å². The Kier molecular flexibility index (Phi) is 11.9. The molecule has 0 fully saturated rings. The van der Waals surface area contributed by atoms with Gasteiger partial charge in [0.2, 0.25) is 0 Å². The van der Waals surface area contributed by atoms with E-state index in [0.717, 1.165) is 12.3 Å². The molecule has 0 saturated carbocycles. The summed E-state index contributed by atoms with van der Waals surface area (Å²) < 4.78 is 0. The largest absolute Gasteiger partial charge is 0.327 e. The van der Waals surface area contributed by atoms with Crippen molar-refractivity contribution in [1.82, 2.24) is 0 Å². The van der Waals surface area contributed by atoms with Crippen LogP contribution in [0.1, 0.15) is 48.0 Å². The van der Waals surface area contributed by atoms with E-state index < -0.39 is 0 Å². The van der Waals surface area contributed by atoms with Crippen molar-refractivity contribution in [3.05, 3.63) is 23.3 Å². The second-order valence-electron chi connectivity index (χ2n) is 3.89. The van der Waals surface area contributed by atoms with Gasteiger partial charge in [-0.2, -0.15) is 0 Å². The molecule has 0 radical (unpaired) electrons. The summed E-state index contributed by atoms with van der Waals surface area (Å²) >= 11 is 0. The molecule has 0 spiro atoms. The van der Waals surface area contributed by atoms with Crippen LogP contribution >= 0.6 is 0 Å². The smallest absolute Gasteiger partial charge is 0.0143 e. The lowest BCUT2D eigenvalue weighted by Crippen LogP contribution is -1.99. The fourth-order valence-electron chi connectivity index (χ4n) is 0.874. The molecular formula is C13H27N. The van der Waals surface area contributed by atoms with Gasteiger partial charge in [0.25, 0.3) is 0 Å². The summed E-state index contributed by atoms with van der Waals surface area (Å²) in [6.07, 6.45) is 5.42. The third kappa shape index (κ3) is 11.4. The van der Waals surface area contributed by atoms with E-state index >= 15 is 0 Å². The Balaban J connectivity index is 0. The molecule has 1 heteroatoms. The molecule has 0 aliphatic heterocycles. The van der Waals surface area contributed by atoms with E-state index in [1.54, 1.807) is 0 Å². The number of hydrogen-bond acceptors (Lipinski definition) is 1. The highest BCUT2D eigenvalue weighted by atomic mass is 14.5. The van der Waals surface area contributed by atoms with Gasteiger partial charge >= 0.3 is 0 Å². The number of rotatable bonds is 1. The van der Waals surface area contributed by atoms with Crippen molar-refractivity contribution in [1.29, 1.82) is 0 Å². The predicted molar refractivity (Wildman–Crippen MR) is 67.4 cm³/mol. The zero-order valence-corrected chi connectivity index (χ0v) is 10.7. The fourth-order valence-corrected chi connectivity index (χ4v) is 0.874. The fraction of sp³-hybridized carbons (Fsp3) is 0.692. The van der Waals surface area contributed by atoms with E-state index in [2.05, 4.69) is 39.8 Å². The Morgan fingerprint density at radius 1 is 1.29 bits per heavy atom. The van der Waals surface area contributed by atoms with Gasteiger partial charge in [-0.25, -0.2) is 0 Å². The molecule has 84 valence electrons. The van der Waals surface area contributed by atoms with Crippen LogP contribution in [0.2, 0.25) is 0 Å². The topological polar surface area (TPSA) is 26.0 Å². The molecule has 0 amide bonds. The Bertz CT molecular complexity index is 173. The van der Waals surface area contributed by atoms with Gasteiger partial charge in [-0.3, -0.25) is 0 Å². The zero-order valence-electron chi connectivity index (χ0n) is 10.7. The molecule has 0 bridgehead atoms. The number of hydrogen-bond donors (Lipinski definition) is 1. The third-order valence-electron chi connectivity index (χ3n) is 1.38. The Morgan fingerprint density at radius 3 is 1.86 bits per heavy atom. The van der Waals surface area contributed by atoms with Crippen molar-refractivity contribution in [3.63, 3.8) is 0 Å². The molecule has 0 aromatic carbocycles. The molecule has 1 aliphatic carbocycles. The van der Waals surface area contributed by atoms with Crippen molar-refractivity contribution >= 4 is 0 Å². The first kappa shape index (κ1) is 15.9. The lowest BCUT2D eigenvalue weighted by atomic mass is 10.2. The first-order valence-electron chi connectivity index (χ1n) is 5.62. The van der Waals surface area contributed by atoms with Crippen LogP contribution in [0.15, 0.2) is 23.3 Å². The summed E-state index contributed by atoms with van der Waals surface area (Å²) in [7, 11) is 0. The van der Waals surface area contributed by atoms with Crippen LogP contribution in [-0.4, -0.2) is 6.54 Å². The van der Waals surface area contributed by atoms with E-state index in [4.69, 9.17) is 5.73 Å². The first-order chi connectivity index (χ1) is 6.56.